The fraction of sp³-hybridized carbons (Fsp3) is 0.118. The molecule has 2 amide bonds. The van der Waals surface area contributed by atoms with Gasteiger partial charge in [0.1, 0.15) is 0 Å². The van der Waals surface area contributed by atoms with Crippen LogP contribution in [0.2, 0.25) is 0 Å². The average molecular weight is 323 g/mol. The van der Waals surface area contributed by atoms with Crippen molar-refractivity contribution in [3.63, 3.8) is 0 Å². The topological polar surface area (TPSA) is 66.1 Å². The lowest BCUT2D eigenvalue weighted by molar-refractivity contribution is -0.123. The van der Waals surface area contributed by atoms with Crippen LogP contribution in [0.4, 0.5) is 4.79 Å². The number of benzene rings is 1. The summed E-state index contributed by atoms with van der Waals surface area (Å²) in [5, 5.41) is 8.80. The second-order valence-electron chi connectivity index (χ2n) is 5.08. The first-order valence-corrected chi connectivity index (χ1v) is 7.76. The van der Waals surface area contributed by atoms with E-state index < -0.39 is 0 Å². The molecule has 1 aromatic carbocycles. The average Bonchev–Trinajstić information content (AvgIpc) is 3.06. The minimum absolute atomic E-state index is 0.110. The minimum atomic E-state index is -0.325. The van der Waals surface area contributed by atoms with Crippen molar-refractivity contribution in [1.82, 2.24) is 9.47 Å². The smallest absolute Gasteiger partial charge is 0.293 e. The molecule has 23 heavy (non-hydrogen) atoms. The Hall–Kier alpha value is -2.78. The maximum Gasteiger partial charge on any atom is 0.293 e. The fourth-order valence-electron chi connectivity index (χ4n) is 2.33. The predicted octanol–water partition coefficient (Wildman–Crippen LogP) is 3.13. The van der Waals surface area contributed by atoms with Gasteiger partial charge in [0.15, 0.2) is 0 Å². The predicted molar refractivity (Wildman–Crippen MR) is 88.1 cm³/mol. The maximum absolute atomic E-state index is 12.5. The van der Waals surface area contributed by atoms with Gasteiger partial charge in [-0.25, -0.2) is 0 Å². The Labute approximate surface area is 137 Å². The zero-order valence-corrected chi connectivity index (χ0v) is 13.2. The van der Waals surface area contributed by atoms with E-state index in [9.17, 15) is 9.59 Å². The van der Waals surface area contributed by atoms with Crippen molar-refractivity contribution in [2.45, 2.75) is 6.54 Å². The second-order valence-corrected chi connectivity index (χ2v) is 6.07. The molecule has 6 heteroatoms. The van der Waals surface area contributed by atoms with Gasteiger partial charge >= 0.3 is 0 Å². The third kappa shape index (κ3) is 2.91. The van der Waals surface area contributed by atoms with E-state index in [1.54, 1.807) is 30.3 Å². The number of carbonyl (C=O) groups is 2. The summed E-state index contributed by atoms with van der Waals surface area (Å²) in [7, 11) is 1.87. The van der Waals surface area contributed by atoms with Gasteiger partial charge in [-0.1, -0.05) is 18.2 Å². The number of thioether (sulfide) groups is 1. The molecule has 0 N–H and O–H groups in total. The Balaban J connectivity index is 1.86. The van der Waals surface area contributed by atoms with E-state index in [0.29, 0.717) is 16.0 Å². The van der Waals surface area contributed by atoms with E-state index in [-0.39, 0.29) is 17.7 Å². The summed E-state index contributed by atoms with van der Waals surface area (Å²) in [5.74, 6) is -0.325. The van der Waals surface area contributed by atoms with Gasteiger partial charge in [0, 0.05) is 18.9 Å². The van der Waals surface area contributed by atoms with Crippen LogP contribution in [-0.4, -0.2) is 20.6 Å². The van der Waals surface area contributed by atoms with Crippen LogP contribution in [0.3, 0.4) is 0 Å². The molecule has 114 valence electrons. The third-order valence-corrected chi connectivity index (χ3v) is 4.51. The van der Waals surface area contributed by atoms with Gasteiger partial charge in [0.2, 0.25) is 0 Å². The molecular weight excluding hydrogens is 310 g/mol. The Morgan fingerprint density at radius 3 is 2.70 bits per heavy atom. The normalized spacial score (nSPS) is 16.2. The number of aryl methyl sites for hydroxylation is 1. The molecule has 0 atom stereocenters. The number of aromatic nitrogens is 1. The highest BCUT2D eigenvalue weighted by atomic mass is 32.2. The summed E-state index contributed by atoms with van der Waals surface area (Å²) in [6, 6.07) is 12.8. The Bertz CT molecular complexity index is 861. The van der Waals surface area contributed by atoms with Crippen molar-refractivity contribution in [3.05, 3.63) is 64.3 Å². The highest BCUT2D eigenvalue weighted by molar-refractivity contribution is 8.18. The summed E-state index contributed by atoms with van der Waals surface area (Å²) < 4.78 is 1.87. The van der Waals surface area contributed by atoms with Crippen molar-refractivity contribution in [2.75, 3.05) is 0 Å². The Morgan fingerprint density at radius 2 is 2.00 bits per heavy atom. The van der Waals surface area contributed by atoms with Gasteiger partial charge < -0.3 is 4.57 Å². The summed E-state index contributed by atoms with van der Waals surface area (Å²) in [4.78, 5) is 26.2. The van der Waals surface area contributed by atoms with E-state index in [2.05, 4.69) is 6.07 Å². The van der Waals surface area contributed by atoms with Crippen LogP contribution in [0.5, 0.6) is 0 Å². The van der Waals surface area contributed by atoms with Gasteiger partial charge in [0.25, 0.3) is 11.1 Å². The van der Waals surface area contributed by atoms with Crippen LogP contribution in [0.15, 0.2) is 47.5 Å². The lowest BCUT2D eigenvalue weighted by atomic mass is 10.1. The van der Waals surface area contributed by atoms with Crippen LogP contribution in [-0.2, 0) is 18.4 Å². The van der Waals surface area contributed by atoms with Crippen LogP contribution in [0.25, 0.3) is 6.08 Å². The maximum atomic E-state index is 12.5. The van der Waals surface area contributed by atoms with E-state index in [1.165, 1.54) is 4.90 Å². The molecule has 1 aliphatic heterocycles. The number of amides is 2. The number of imide groups is 1. The largest absolute Gasteiger partial charge is 0.351 e. The van der Waals surface area contributed by atoms with Gasteiger partial charge in [-0.2, -0.15) is 5.26 Å². The molecule has 2 aromatic rings. The first-order valence-electron chi connectivity index (χ1n) is 6.95. The molecule has 0 bridgehead atoms. The Kier molecular flexibility index (Phi) is 4.04. The molecule has 5 nitrogen and oxygen atoms in total. The van der Waals surface area contributed by atoms with Crippen molar-refractivity contribution in [2.24, 2.45) is 7.05 Å². The molecule has 1 aliphatic rings. The molecular formula is C17H13N3O2S. The molecule has 1 saturated heterocycles. The zero-order valence-electron chi connectivity index (χ0n) is 12.4. The summed E-state index contributed by atoms with van der Waals surface area (Å²) in [5.41, 5.74) is 1.99. The third-order valence-electron chi connectivity index (χ3n) is 3.60. The molecule has 0 radical (unpaired) electrons. The summed E-state index contributed by atoms with van der Waals surface area (Å²) in [6.45, 7) is 0.110. The highest BCUT2D eigenvalue weighted by Gasteiger charge is 2.35. The van der Waals surface area contributed by atoms with Gasteiger partial charge in [-0.3, -0.25) is 14.5 Å². The molecule has 0 unspecified atom stereocenters. The van der Waals surface area contributed by atoms with Crippen LogP contribution >= 0.6 is 11.8 Å². The second kappa shape index (κ2) is 6.15. The molecule has 0 spiro atoms. The van der Waals surface area contributed by atoms with Crippen molar-refractivity contribution in [3.8, 4) is 6.07 Å². The first kappa shape index (κ1) is 15.1. The monoisotopic (exact) mass is 323 g/mol. The standard InChI is InChI=1S/C17H13N3O2S/c1-19-8-4-7-14(19)9-15-16(21)20(17(22)23-15)11-13-6-3-2-5-12(13)10-18/h2-9H,11H2,1H3/b15-9+. The van der Waals surface area contributed by atoms with E-state index in [1.807, 2.05) is 29.9 Å². The van der Waals surface area contributed by atoms with Crippen LogP contribution in [0.1, 0.15) is 16.8 Å². The molecule has 2 heterocycles. The van der Waals surface area contributed by atoms with Gasteiger partial charge in [0.05, 0.1) is 23.1 Å². The number of rotatable bonds is 3. The lowest BCUT2D eigenvalue weighted by Gasteiger charge is -2.13. The first-order chi connectivity index (χ1) is 11.1. The number of hydrogen-bond donors (Lipinski definition) is 0. The molecule has 1 aromatic heterocycles. The zero-order chi connectivity index (χ0) is 16.4. The van der Waals surface area contributed by atoms with Crippen LogP contribution in [0, 0.1) is 11.3 Å². The van der Waals surface area contributed by atoms with Crippen molar-refractivity contribution < 1.29 is 9.59 Å². The van der Waals surface area contributed by atoms with E-state index in [0.717, 1.165) is 17.5 Å². The number of nitrogens with zero attached hydrogens (tertiary/aromatic N) is 3. The van der Waals surface area contributed by atoms with Crippen LogP contribution < -0.4 is 0 Å². The minimum Gasteiger partial charge on any atom is -0.351 e. The SMILES string of the molecule is Cn1cccc1/C=C1/SC(=O)N(Cc2ccccc2C#N)C1=O. The van der Waals surface area contributed by atoms with Gasteiger partial charge in [-0.05, 0) is 41.6 Å². The molecule has 0 saturated carbocycles. The summed E-state index contributed by atoms with van der Waals surface area (Å²) >= 11 is 0.924. The highest BCUT2D eigenvalue weighted by Crippen LogP contribution is 2.33. The van der Waals surface area contributed by atoms with E-state index >= 15 is 0 Å². The Morgan fingerprint density at radius 1 is 1.22 bits per heavy atom. The summed E-state index contributed by atoms with van der Waals surface area (Å²) in [6.07, 6.45) is 3.58. The van der Waals surface area contributed by atoms with Gasteiger partial charge in [-0.15, -0.1) is 0 Å². The number of carbonyl (C=O) groups excluding carboxylic acids is 2. The fourth-order valence-corrected chi connectivity index (χ4v) is 3.16. The number of nitriles is 1. The number of hydrogen-bond acceptors (Lipinski definition) is 4. The lowest BCUT2D eigenvalue weighted by Crippen LogP contribution is -2.27. The molecule has 0 aliphatic carbocycles. The van der Waals surface area contributed by atoms with Crippen molar-refractivity contribution in [1.29, 1.82) is 5.26 Å². The molecule has 3 rings (SSSR count). The van der Waals surface area contributed by atoms with Crippen molar-refractivity contribution >= 4 is 29.0 Å². The quantitative estimate of drug-likeness (QED) is 0.814. The molecule has 1 fully saturated rings. The van der Waals surface area contributed by atoms with E-state index in [4.69, 9.17) is 5.26 Å².